The van der Waals surface area contributed by atoms with Gasteiger partial charge in [-0.1, -0.05) is 23.2 Å². The average Bonchev–Trinajstić information content (AvgIpc) is 2.87. The number of nitrogens with one attached hydrogen (secondary N) is 2. The van der Waals surface area contributed by atoms with Crippen LogP contribution in [-0.2, 0) is 0 Å². The summed E-state index contributed by atoms with van der Waals surface area (Å²) in [4.78, 5) is 14.3. The Morgan fingerprint density at radius 3 is 2.76 bits per heavy atom. The van der Waals surface area contributed by atoms with E-state index < -0.39 is 0 Å². The molecule has 2 saturated heterocycles. The molecule has 21 heavy (non-hydrogen) atoms. The van der Waals surface area contributed by atoms with E-state index >= 15 is 0 Å². The molecule has 2 fully saturated rings. The minimum absolute atomic E-state index is 0.0884. The van der Waals surface area contributed by atoms with Crippen molar-refractivity contribution in [2.75, 3.05) is 31.5 Å². The summed E-state index contributed by atoms with van der Waals surface area (Å²) in [6.07, 6.45) is 3.38. The van der Waals surface area contributed by atoms with Gasteiger partial charge in [-0.3, -0.25) is 0 Å². The van der Waals surface area contributed by atoms with E-state index in [4.69, 9.17) is 23.2 Å². The van der Waals surface area contributed by atoms with E-state index in [-0.39, 0.29) is 6.03 Å². The number of benzene rings is 1. The molecule has 3 rings (SSSR count). The summed E-state index contributed by atoms with van der Waals surface area (Å²) < 4.78 is 0. The first-order valence-electron chi connectivity index (χ1n) is 7.30. The van der Waals surface area contributed by atoms with Crippen LogP contribution in [0.2, 0.25) is 10.0 Å². The molecule has 2 amide bonds. The van der Waals surface area contributed by atoms with E-state index in [1.54, 1.807) is 18.2 Å². The van der Waals surface area contributed by atoms with Gasteiger partial charge in [0.25, 0.3) is 0 Å². The monoisotopic (exact) mass is 327 g/mol. The van der Waals surface area contributed by atoms with Gasteiger partial charge in [0, 0.05) is 18.1 Å². The number of likely N-dealkylation sites (tertiary alicyclic amines) is 1. The van der Waals surface area contributed by atoms with Gasteiger partial charge >= 0.3 is 6.03 Å². The zero-order valence-corrected chi connectivity index (χ0v) is 13.3. The molecule has 2 heterocycles. The third-order valence-corrected chi connectivity index (χ3v) is 5.12. The van der Waals surface area contributed by atoms with Crippen molar-refractivity contribution >= 4 is 34.9 Å². The Balaban J connectivity index is 1.65. The number of hydrogen-bond donors (Lipinski definition) is 2. The van der Waals surface area contributed by atoms with Crippen LogP contribution >= 0.6 is 23.2 Å². The number of anilines is 1. The number of hydrogen-bond acceptors (Lipinski definition) is 2. The van der Waals surface area contributed by atoms with Crippen LogP contribution in [0, 0.1) is 5.41 Å². The molecule has 0 radical (unpaired) electrons. The smallest absolute Gasteiger partial charge is 0.321 e. The van der Waals surface area contributed by atoms with Crippen molar-refractivity contribution in [2.45, 2.75) is 19.3 Å². The number of piperidine rings is 1. The number of carbonyl (C=O) groups excluding carboxylic acids is 1. The summed E-state index contributed by atoms with van der Waals surface area (Å²) in [5.41, 5.74) is 0.876. The molecule has 0 unspecified atom stereocenters. The van der Waals surface area contributed by atoms with Gasteiger partial charge in [0.2, 0.25) is 0 Å². The molecule has 0 aliphatic carbocycles. The van der Waals surface area contributed by atoms with Gasteiger partial charge in [0.15, 0.2) is 0 Å². The van der Waals surface area contributed by atoms with Crippen LogP contribution in [0.4, 0.5) is 10.5 Å². The topological polar surface area (TPSA) is 44.4 Å². The standard InChI is InChI=1S/C15H19Cl2N3O/c16-11-1-2-12(17)13(9-11)19-14(21)20-8-5-15(10-20)3-6-18-7-4-15/h1-2,9,18H,3-8,10H2,(H,19,21). The van der Waals surface area contributed by atoms with Crippen molar-refractivity contribution in [1.29, 1.82) is 0 Å². The molecule has 2 aliphatic heterocycles. The molecule has 6 heteroatoms. The number of urea groups is 1. The molecule has 2 aliphatic rings. The predicted molar refractivity (Wildman–Crippen MR) is 86.2 cm³/mol. The highest BCUT2D eigenvalue weighted by atomic mass is 35.5. The molecule has 1 aromatic rings. The van der Waals surface area contributed by atoms with Gasteiger partial charge in [-0.15, -0.1) is 0 Å². The zero-order valence-electron chi connectivity index (χ0n) is 11.8. The van der Waals surface area contributed by atoms with Crippen LogP contribution in [0.5, 0.6) is 0 Å². The third-order valence-electron chi connectivity index (χ3n) is 4.56. The first-order chi connectivity index (χ1) is 10.1. The normalized spacial score (nSPS) is 20.8. The van der Waals surface area contributed by atoms with Crippen LogP contribution in [0.3, 0.4) is 0 Å². The second-order valence-electron chi connectivity index (χ2n) is 5.98. The van der Waals surface area contributed by atoms with Gasteiger partial charge in [0.1, 0.15) is 0 Å². The second kappa shape index (κ2) is 6.03. The van der Waals surface area contributed by atoms with Gasteiger partial charge in [-0.2, -0.15) is 0 Å². The average molecular weight is 328 g/mol. The fourth-order valence-corrected chi connectivity index (χ4v) is 3.60. The Hall–Kier alpha value is -0.970. The maximum absolute atomic E-state index is 12.4. The van der Waals surface area contributed by atoms with Crippen molar-refractivity contribution in [3.8, 4) is 0 Å². The van der Waals surface area contributed by atoms with Crippen molar-refractivity contribution in [3.05, 3.63) is 28.2 Å². The molecule has 0 bridgehead atoms. The minimum Gasteiger partial charge on any atom is -0.324 e. The van der Waals surface area contributed by atoms with Gasteiger partial charge in [-0.25, -0.2) is 4.79 Å². The summed E-state index contributed by atoms with van der Waals surface area (Å²) in [5.74, 6) is 0. The summed E-state index contributed by atoms with van der Waals surface area (Å²) in [6.45, 7) is 3.74. The lowest BCUT2D eigenvalue weighted by Gasteiger charge is -2.33. The zero-order chi connectivity index (χ0) is 14.9. The van der Waals surface area contributed by atoms with Crippen LogP contribution < -0.4 is 10.6 Å². The molecule has 114 valence electrons. The van der Waals surface area contributed by atoms with Crippen LogP contribution in [0.25, 0.3) is 0 Å². The van der Waals surface area contributed by atoms with Crippen molar-refractivity contribution in [1.82, 2.24) is 10.2 Å². The van der Waals surface area contributed by atoms with E-state index in [9.17, 15) is 4.79 Å². The predicted octanol–water partition coefficient (Wildman–Crippen LogP) is 3.60. The fourth-order valence-electron chi connectivity index (χ4n) is 3.26. The maximum Gasteiger partial charge on any atom is 0.321 e. The SMILES string of the molecule is O=C(Nc1cc(Cl)ccc1Cl)N1CCC2(CCNCC2)C1. The van der Waals surface area contributed by atoms with E-state index in [2.05, 4.69) is 10.6 Å². The Labute approximate surface area is 134 Å². The molecule has 1 aromatic carbocycles. The highest BCUT2D eigenvalue weighted by Crippen LogP contribution is 2.38. The number of halogens is 2. The summed E-state index contributed by atoms with van der Waals surface area (Å²) in [5, 5.41) is 7.32. The second-order valence-corrected chi connectivity index (χ2v) is 6.82. The number of carbonyl (C=O) groups is 1. The number of amides is 2. The molecule has 0 atom stereocenters. The number of nitrogens with zero attached hydrogens (tertiary/aromatic N) is 1. The molecule has 0 saturated carbocycles. The first-order valence-corrected chi connectivity index (χ1v) is 8.05. The lowest BCUT2D eigenvalue weighted by molar-refractivity contribution is 0.191. The maximum atomic E-state index is 12.4. The minimum atomic E-state index is -0.0884. The Kier molecular flexibility index (Phi) is 4.29. The Morgan fingerprint density at radius 1 is 1.24 bits per heavy atom. The van der Waals surface area contributed by atoms with Crippen LogP contribution in [0.15, 0.2) is 18.2 Å². The first kappa shape index (κ1) is 14.9. The third kappa shape index (κ3) is 3.28. The molecule has 0 aromatic heterocycles. The van der Waals surface area contributed by atoms with Crippen molar-refractivity contribution in [3.63, 3.8) is 0 Å². The van der Waals surface area contributed by atoms with Gasteiger partial charge < -0.3 is 15.5 Å². The lowest BCUT2D eigenvalue weighted by Crippen LogP contribution is -2.40. The lowest BCUT2D eigenvalue weighted by atomic mass is 9.78. The van der Waals surface area contributed by atoms with Gasteiger partial charge in [0.05, 0.1) is 10.7 Å². The molecule has 1 spiro atoms. The molecular weight excluding hydrogens is 309 g/mol. The number of rotatable bonds is 1. The Bertz CT molecular complexity index is 544. The van der Waals surface area contributed by atoms with Crippen molar-refractivity contribution < 1.29 is 4.79 Å². The molecule has 4 nitrogen and oxygen atoms in total. The highest BCUT2D eigenvalue weighted by molar-refractivity contribution is 6.35. The quantitative estimate of drug-likeness (QED) is 0.827. The van der Waals surface area contributed by atoms with Gasteiger partial charge in [-0.05, 0) is 56.0 Å². The largest absolute Gasteiger partial charge is 0.324 e. The summed E-state index contributed by atoms with van der Waals surface area (Å²) >= 11 is 12.0. The molecular formula is C15H19Cl2N3O. The summed E-state index contributed by atoms with van der Waals surface area (Å²) in [7, 11) is 0. The van der Waals surface area contributed by atoms with E-state index in [0.717, 1.165) is 45.4 Å². The molecule has 2 N–H and O–H groups in total. The fraction of sp³-hybridized carbons (Fsp3) is 0.533. The van der Waals surface area contributed by atoms with Crippen LogP contribution in [0.1, 0.15) is 19.3 Å². The van der Waals surface area contributed by atoms with Crippen molar-refractivity contribution in [2.24, 2.45) is 5.41 Å². The highest BCUT2D eigenvalue weighted by Gasteiger charge is 2.40. The van der Waals surface area contributed by atoms with Crippen LogP contribution in [-0.4, -0.2) is 37.1 Å². The Morgan fingerprint density at radius 2 is 2.00 bits per heavy atom. The van der Waals surface area contributed by atoms with E-state index in [1.165, 1.54) is 0 Å². The van der Waals surface area contributed by atoms with E-state index in [0.29, 0.717) is 21.1 Å². The summed E-state index contributed by atoms with van der Waals surface area (Å²) in [6, 6.07) is 4.99. The van der Waals surface area contributed by atoms with E-state index in [1.807, 2.05) is 4.90 Å².